The highest BCUT2D eigenvalue weighted by Gasteiger charge is 2.31. The van der Waals surface area contributed by atoms with E-state index in [9.17, 15) is 13.2 Å². The van der Waals surface area contributed by atoms with E-state index in [2.05, 4.69) is 10.3 Å². The van der Waals surface area contributed by atoms with Gasteiger partial charge in [0.15, 0.2) is 11.5 Å². The van der Waals surface area contributed by atoms with Crippen molar-refractivity contribution in [3.8, 4) is 0 Å². The molecule has 4 heterocycles. The average Bonchev–Trinajstić information content (AvgIpc) is 3.46. The molecule has 0 saturated carbocycles. The minimum absolute atomic E-state index is 0.143. The summed E-state index contributed by atoms with van der Waals surface area (Å²) in [7, 11) is -3.92. The molecule has 5 rings (SSSR count). The van der Waals surface area contributed by atoms with Crippen LogP contribution in [0.4, 0.5) is 5.82 Å². The lowest BCUT2D eigenvalue weighted by Crippen LogP contribution is -2.40. The highest BCUT2D eigenvalue weighted by molar-refractivity contribution is 7.91. The number of hydrogen-bond donors (Lipinski definition) is 0. The lowest BCUT2D eigenvalue weighted by molar-refractivity contribution is -0.148. The molecule has 4 aromatic rings. The fraction of sp³-hybridized carbons (Fsp3) is 0.364. The normalized spacial score (nSPS) is 17.0. The van der Waals surface area contributed by atoms with Gasteiger partial charge in [0.25, 0.3) is 0 Å². The number of ether oxygens (including phenoxy) is 1. The number of hydrogen-bond acceptors (Lipinski definition) is 9. The number of benzene rings is 1. The molecule has 1 aromatic carbocycles. The van der Waals surface area contributed by atoms with Crippen molar-refractivity contribution < 1.29 is 17.9 Å². The van der Waals surface area contributed by atoms with Gasteiger partial charge in [-0.2, -0.15) is 4.52 Å². The molecule has 1 atom stereocenters. The first-order valence-electron chi connectivity index (χ1n) is 10.8. The minimum atomic E-state index is -3.92. The van der Waals surface area contributed by atoms with Crippen molar-refractivity contribution in [1.29, 1.82) is 0 Å². The molecule has 0 bridgehead atoms. The summed E-state index contributed by atoms with van der Waals surface area (Å²) in [4.78, 5) is 19.3. The SMILES string of the molecule is CCOC(=O)C1CCCN(c2nc3c(S(=O)(=O)c4ccc(C)cc4)nnn3c3ccsc23)C1. The number of nitrogens with zero attached hydrogens (tertiary/aromatic N) is 5. The summed E-state index contributed by atoms with van der Waals surface area (Å²) >= 11 is 1.50. The largest absolute Gasteiger partial charge is 0.466 e. The van der Waals surface area contributed by atoms with Gasteiger partial charge in [0.2, 0.25) is 14.9 Å². The summed E-state index contributed by atoms with van der Waals surface area (Å²) in [6.07, 6.45) is 1.57. The second kappa shape index (κ2) is 8.38. The fourth-order valence-corrected chi connectivity index (χ4v) is 6.27. The molecule has 0 N–H and O–H groups in total. The Hall–Kier alpha value is -3.05. The Balaban J connectivity index is 1.63. The third-order valence-corrected chi connectivity index (χ3v) is 8.40. The van der Waals surface area contributed by atoms with Gasteiger partial charge >= 0.3 is 5.97 Å². The Kier molecular flexibility index (Phi) is 5.53. The van der Waals surface area contributed by atoms with Crippen molar-refractivity contribution in [3.05, 3.63) is 41.3 Å². The van der Waals surface area contributed by atoms with E-state index in [4.69, 9.17) is 9.72 Å². The monoisotopic (exact) mass is 485 g/mol. The molecule has 11 heteroatoms. The second-order valence-electron chi connectivity index (χ2n) is 8.05. The number of sulfone groups is 1. The van der Waals surface area contributed by atoms with Gasteiger partial charge < -0.3 is 9.64 Å². The molecular weight excluding hydrogens is 462 g/mol. The zero-order chi connectivity index (χ0) is 23.2. The highest BCUT2D eigenvalue weighted by atomic mass is 32.2. The predicted molar refractivity (Wildman–Crippen MR) is 124 cm³/mol. The number of anilines is 1. The fourth-order valence-electron chi connectivity index (χ4n) is 4.15. The minimum Gasteiger partial charge on any atom is -0.466 e. The molecule has 1 aliphatic heterocycles. The third-order valence-electron chi connectivity index (χ3n) is 5.83. The first-order valence-corrected chi connectivity index (χ1v) is 13.1. The van der Waals surface area contributed by atoms with Crippen LogP contribution in [0.1, 0.15) is 25.3 Å². The Morgan fingerprint density at radius 2 is 2.03 bits per heavy atom. The van der Waals surface area contributed by atoms with Crippen LogP contribution in [0, 0.1) is 12.8 Å². The molecule has 3 aromatic heterocycles. The molecule has 0 amide bonds. The number of aryl methyl sites for hydroxylation is 1. The van der Waals surface area contributed by atoms with Crippen molar-refractivity contribution in [2.75, 3.05) is 24.6 Å². The molecule has 0 radical (unpaired) electrons. The molecule has 1 fully saturated rings. The quantitative estimate of drug-likeness (QED) is 0.397. The topological polar surface area (TPSA) is 107 Å². The lowest BCUT2D eigenvalue weighted by Gasteiger charge is -2.32. The summed E-state index contributed by atoms with van der Waals surface area (Å²) in [5.41, 5.74) is 1.87. The maximum atomic E-state index is 13.4. The van der Waals surface area contributed by atoms with Gasteiger partial charge in [0, 0.05) is 13.1 Å². The van der Waals surface area contributed by atoms with Crippen LogP contribution in [0.2, 0.25) is 0 Å². The van der Waals surface area contributed by atoms with Crippen molar-refractivity contribution in [2.45, 2.75) is 36.6 Å². The number of carbonyl (C=O) groups is 1. The van der Waals surface area contributed by atoms with E-state index < -0.39 is 9.84 Å². The highest BCUT2D eigenvalue weighted by Crippen LogP contribution is 2.35. The lowest BCUT2D eigenvalue weighted by atomic mass is 9.98. The Morgan fingerprint density at radius 3 is 2.79 bits per heavy atom. The van der Waals surface area contributed by atoms with Crippen LogP contribution in [0.25, 0.3) is 15.9 Å². The van der Waals surface area contributed by atoms with Crippen LogP contribution in [-0.4, -0.2) is 53.9 Å². The maximum Gasteiger partial charge on any atom is 0.310 e. The number of aromatic nitrogens is 4. The summed E-state index contributed by atoms with van der Waals surface area (Å²) in [5.74, 6) is 0.189. The van der Waals surface area contributed by atoms with Gasteiger partial charge in [-0.25, -0.2) is 13.4 Å². The van der Waals surface area contributed by atoms with E-state index >= 15 is 0 Å². The van der Waals surface area contributed by atoms with E-state index in [1.165, 1.54) is 15.9 Å². The number of rotatable bonds is 5. The van der Waals surface area contributed by atoms with Crippen molar-refractivity contribution in [3.63, 3.8) is 0 Å². The van der Waals surface area contributed by atoms with Crippen molar-refractivity contribution >= 4 is 48.8 Å². The maximum absolute atomic E-state index is 13.4. The van der Waals surface area contributed by atoms with E-state index in [0.29, 0.717) is 25.5 Å². The van der Waals surface area contributed by atoms with Crippen LogP contribution < -0.4 is 4.90 Å². The van der Waals surface area contributed by atoms with Gasteiger partial charge in [-0.3, -0.25) is 4.79 Å². The molecule has 172 valence electrons. The van der Waals surface area contributed by atoms with Gasteiger partial charge in [-0.1, -0.05) is 22.9 Å². The second-order valence-corrected chi connectivity index (χ2v) is 10.8. The van der Waals surface area contributed by atoms with Gasteiger partial charge in [0.1, 0.15) is 0 Å². The molecule has 33 heavy (non-hydrogen) atoms. The average molecular weight is 486 g/mol. The number of thiophene rings is 1. The van der Waals surface area contributed by atoms with Crippen LogP contribution >= 0.6 is 11.3 Å². The molecule has 1 unspecified atom stereocenters. The zero-order valence-corrected chi connectivity index (χ0v) is 19.9. The Bertz CT molecular complexity index is 1440. The molecule has 9 nitrogen and oxygen atoms in total. The number of piperidine rings is 1. The Labute approximate surface area is 194 Å². The number of esters is 1. The van der Waals surface area contributed by atoms with E-state index in [1.54, 1.807) is 31.2 Å². The van der Waals surface area contributed by atoms with Crippen molar-refractivity contribution in [1.82, 2.24) is 19.8 Å². The number of fused-ring (bicyclic) bond motifs is 3. The third kappa shape index (κ3) is 3.74. The smallest absolute Gasteiger partial charge is 0.310 e. The van der Waals surface area contributed by atoms with Crippen LogP contribution in [0.15, 0.2) is 45.6 Å². The molecule has 1 aliphatic rings. The summed E-state index contributed by atoms with van der Waals surface area (Å²) < 4.78 is 34.3. The predicted octanol–water partition coefficient (Wildman–Crippen LogP) is 3.26. The molecular formula is C22H23N5O4S2. The van der Waals surface area contributed by atoms with Crippen molar-refractivity contribution in [2.24, 2.45) is 5.92 Å². The van der Waals surface area contributed by atoms with E-state index in [0.717, 1.165) is 28.6 Å². The molecule has 0 aliphatic carbocycles. The van der Waals surface area contributed by atoms with Gasteiger partial charge in [-0.15, -0.1) is 16.4 Å². The van der Waals surface area contributed by atoms with E-state index in [1.807, 2.05) is 23.3 Å². The Morgan fingerprint density at radius 1 is 1.24 bits per heavy atom. The van der Waals surface area contributed by atoms with Crippen LogP contribution in [0.3, 0.4) is 0 Å². The van der Waals surface area contributed by atoms with Crippen LogP contribution in [0.5, 0.6) is 0 Å². The first-order chi connectivity index (χ1) is 15.9. The van der Waals surface area contributed by atoms with Crippen LogP contribution in [-0.2, 0) is 19.4 Å². The summed E-state index contributed by atoms with van der Waals surface area (Å²) in [5, 5.41) is 9.88. The van der Waals surface area contributed by atoms with E-state index in [-0.39, 0.29) is 27.5 Å². The zero-order valence-electron chi connectivity index (χ0n) is 18.3. The summed E-state index contributed by atoms with van der Waals surface area (Å²) in [6.45, 7) is 5.22. The molecule has 0 spiro atoms. The summed E-state index contributed by atoms with van der Waals surface area (Å²) in [6, 6.07) is 8.50. The van der Waals surface area contributed by atoms with Gasteiger partial charge in [-0.05, 0) is 50.3 Å². The number of carbonyl (C=O) groups excluding carboxylic acids is 1. The van der Waals surface area contributed by atoms with Gasteiger partial charge in [0.05, 0.1) is 27.6 Å². The standard InChI is InChI=1S/C22H23N5O4S2/c1-3-31-22(28)15-5-4-11-26(13-15)19-18-17(10-12-32-18)27-20(23-19)21(24-25-27)33(29,30)16-8-6-14(2)7-9-16/h6-10,12,15H,3-5,11,13H2,1-2H3. The first kappa shape index (κ1) is 21.8. The molecule has 1 saturated heterocycles.